The third-order valence-electron chi connectivity index (χ3n) is 7.25. The Hall–Kier alpha value is -2.12. The number of carbonyl (C=O) groups is 4. The third-order valence-corrected chi connectivity index (χ3v) is 7.25. The summed E-state index contributed by atoms with van der Waals surface area (Å²) < 4.78 is 0. The summed E-state index contributed by atoms with van der Waals surface area (Å²) in [6, 6.07) is -1.41. The molecule has 2 aliphatic heterocycles. The number of imide groups is 1. The molecule has 3 fully saturated rings. The molecule has 4 amide bonds. The second kappa shape index (κ2) is 7.37. The molecule has 2 saturated heterocycles. The molecule has 3 rings (SSSR count). The SMILES string of the molecule is CCC(C)(C)C1CCC2(CC1)NC(=O)N(CC(=O)N1CCC[C@H]1C(=O)O)C2=O. The number of amides is 4. The van der Waals surface area contributed by atoms with Crippen molar-refractivity contribution in [2.24, 2.45) is 11.3 Å². The molecule has 2 heterocycles. The monoisotopic (exact) mass is 393 g/mol. The normalized spacial score (nSPS) is 30.8. The molecule has 0 radical (unpaired) electrons. The molecule has 8 heteroatoms. The van der Waals surface area contributed by atoms with E-state index in [1.807, 2.05) is 0 Å². The van der Waals surface area contributed by atoms with E-state index < -0.39 is 29.5 Å². The largest absolute Gasteiger partial charge is 0.480 e. The molecule has 0 aromatic carbocycles. The van der Waals surface area contributed by atoms with Crippen molar-refractivity contribution in [3.8, 4) is 0 Å². The van der Waals surface area contributed by atoms with Crippen LogP contribution in [0.5, 0.6) is 0 Å². The van der Waals surface area contributed by atoms with Crippen LogP contribution in [0, 0.1) is 11.3 Å². The fourth-order valence-corrected chi connectivity index (χ4v) is 4.89. The molecule has 2 N–H and O–H groups in total. The van der Waals surface area contributed by atoms with E-state index in [4.69, 9.17) is 0 Å². The predicted octanol–water partition coefficient (Wildman–Crippen LogP) is 1.98. The molecule has 0 aromatic rings. The number of carboxylic acid groups (broad SMARTS) is 1. The number of urea groups is 1. The van der Waals surface area contributed by atoms with Gasteiger partial charge in [0.25, 0.3) is 5.91 Å². The first-order valence-electron chi connectivity index (χ1n) is 10.3. The van der Waals surface area contributed by atoms with Gasteiger partial charge in [0.2, 0.25) is 5.91 Å². The van der Waals surface area contributed by atoms with E-state index in [1.54, 1.807) is 0 Å². The lowest BCUT2D eigenvalue weighted by molar-refractivity contribution is -0.149. The van der Waals surface area contributed by atoms with E-state index in [0.717, 1.165) is 24.2 Å². The van der Waals surface area contributed by atoms with Crippen molar-refractivity contribution in [3.05, 3.63) is 0 Å². The summed E-state index contributed by atoms with van der Waals surface area (Å²) in [7, 11) is 0. The van der Waals surface area contributed by atoms with Gasteiger partial charge in [-0.15, -0.1) is 0 Å². The quantitative estimate of drug-likeness (QED) is 0.695. The van der Waals surface area contributed by atoms with E-state index in [2.05, 4.69) is 26.1 Å². The summed E-state index contributed by atoms with van der Waals surface area (Å²) >= 11 is 0. The average Bonchev–Trinajstić information content (AvgIpc) is 3.22. The van der Waals surface area contributed by atoms with Gasteiger partial charge < -0.3 is 15.3 Å². The Morgan fingerprint density at radius 2 is 1.86 bits per heavy atom. The minimum atomic E-state index is -1.05. The van der Waals surface area contributed by atoms with Gasteiger partial charge in [0.05, 0.1) is 0 Å². The third kappa shape index (κ3) is 3.49. The summed E-state index contributed by atoms with van der Waals surface area (Å²) in [5.74, 6) is -1.36. The lowest BCUT2D eigenvalue weighted by Crippen LogP contribution is -2.51. The predicted molar refractivity (Wildman–Crippen MR) is 101 cm³/mol. The standard InChI is InChI=1S/C20H31N3O5/c1-4-19(2,3)13-7-9-20(10-8-13)17(27)23(18(28)21-20)12-15(24)22-11-5-6-14(22)16(25)26/h13-14H,4-12H2,1-3H3,(H,21,28)(H,25,26)/t13?,14-,20?/m0/s1. The Morgan fingerprint density at radius 3 is 2.43 bits per heavy atom. The Kier molecular flexibility index (Phi) is 5.42. The first-order valence-corrected chi connectivity index (χ1v) is 10.3. The van der Waals surface area contributed by atoms with E-state index in [-0.39, 0.29) is 17.9 Å². The van der Waals surface area contributed by atoms with Crippen molar-refractivity contribution >= 4 is 23.8 Å². The van der Waals surface area contributed by atoms with Crippen LogP contribution in [0.15, 0.2) is 0 Å². The molecular weight excluding hydrogens is 362 g/mol. The van der Waals surface area contributed by atoms with Crippen LogP contribution in [0.4, 0.5) is 4.79 Å². The summed E-state index contributed by atoms with van der Waals surface area (Å²) in [5, 5.41) is 12.1. The van der Waals surface area contributed by atoms with Gasteiger partial charge in [0.1, 0.15) is 18.1 Å². The lowest BCUT2D eigenvalue weighted by atomic mass is 9.65. The Labute approximate surface area is 165 Å². The maximum atomic E-state index is 13.0. The number of carbonyl (C=O) groups excluding carboxylic acids is 3. The average molecular weight is 393 g/mol. The summed E-state index contributed by atoms with van der Waals surface area (Å²) in [4.78, 5) is 51.7. The van der Waals surface area contributed by atoms with Crippen molar-refractivity contribution in [1.29, 1.82) is 0 Å². The number of nitrogens with one attached hydrogen (secondary N) is 1. The molecule has 0 unspecified atom stereocenters. The Morgan fingerprint density at radius 1 is 1.21 bits per heavy atom. The highest BCUT2D eigenvalue weighted by molar-refractivity contribution is 6.09. The van der Waals surface area contributed by atoms with Crippen LogP contribution in [0.1, 0.15) is 65.7 Å². The van der Waals surface area contributed by atoms with Gasteiger partial charge in [-0.1, -0.05) is 27.2 Å². The van der Waals surface area contributed by atoms with Gasteiger partial charge in [-0.3, -0.25) is 14.5 Å². The topological polar surface area (TPSA) is 107 Å². The smallest absolute Gasteiger partial charge is 0.326 e. The zero-order valence-corrected chi connectivity index (χ0v) is 17.0. The minimum absolute atomic E-state index is 0.199. The van der Waals surface area contributed by atoms with Crippen LogP contribution in [0.25, 0.3) is 0 Å². The molecular formula is C20H31N3O5. The highest BCUT2D eigenvalue weighted by atomic mass is 16.4. The lowest BCUT2D eigenvalue weighted by Gasteiger charge is -2.42. The second-order valence-electron chi connectivity index (χ2n) is 9.10. The molecule has 156 valence electrons. The molecule has 0 bridgehead atoms. The summed E-state index contributed by atoms with van der Waals surface area (Å²) in [6.45, 7) is 6.61. The summed E-state index contributed by atoms with van der Waals surface area (Å²) in [6.07, 6.45) is 4.96. The minimum Gasteiger partial charge on any atom is -0.480 e. The number of likely N-dealkylation sites (tertiary alicyclic amines) is 1. The maximum absolute atomic E-state index is 13.0. The van der Waals surface area contributed by atoms with Crippen LogP contribution in [-0.4, -0.2) is 63.4 Å². The van der Waals surface area contributed by atoms with Crippen molar-refractivity contribution in [2.45, 2.75) is 77.3 Å². The number of hydrogen-bond acceptors (Lipinski definition) is 4. The first-order chi connectivity index (χ1) is 13.1. The molecule has 0 aromatic heterocycles. The molecule has 1 atom stereocenters. The number of hydrogen-bond donors (Lipinski definition) is 2. The van der Waals surface area contributed by atoms with Crippen molar-refractivity contribution in [1.82, 2.24) is 15.1 Å². The fourth-order valence-electron chi connectivity index (χ4n) is 4.89. The highest BCUT2D eigenvalue weighted by Gasteiger charge is 2.54. The van der Waals surface area contributed by atoms with Crippen molar-refractivity contribution in [3.63, 3.8) is 0 Å². The van der Waals surface area contributed by atoms with Crippen molar-refractivity contribution in [2.75, 3.05) is 13.1 Å². The maximum Gasteiger partial charge on any atom is 0.326 e. The number of aliphatic carboxylic acids is 1. The highest BCUT2D eigenvalue weighted by Crippen LogP contribution is 2.45. The van der Waals surface area contributed by atoms with Gasteiger partial charge in [-0.25, -0.2) is 9.59 Å². The van der Waals surface area contributed by atoms with Gasteiger partial charge in [-0.2, -0.15) is 0 Å². The van der Waals surface area contributed by atoms with Crippen LogP contribution < -0.4 is 5.32 Å². The molecule has 8 nitrogen and oxygen atoms in total. The molecule has 3 aliphatic rings. The fraction of sp³-hybridized carbons (Fsp3) is 0.800. The second-order valence-corrected chi connectivity index (χ2v) is 9.10. The molecule has 28 heavy (non-hydrogen) atoms. The van der Waals surface area contributed by atoms with Crippen molar-refractivity contribution < 1.29 is 24.3 Å². The first kappa shape index (κ1) is 20.6. The molecule has 1 saturated carbocycles. The number of nitrogens with zero attached hydrogens (tertiary/aromatic N) is 2. The van der Waals surface area contributed by atoms with Gasteiger partial charge in [-0.05, 0) is 49.9 Å². The van der Waals surface area contributed by atoms with Crippen LogP contribution in [0.3, 0.4) is 0 Å². The van der Waals surface area contributed by atoms with E-state index in [0.29, 0.717) is 38.1 Å². The van der Waals surface area contributed by atoms with E-state index in [9.17, 15) is 24.3 Å². The van der Waals surface area contributed by atoms with E-state index in [1.165, 1.54) is 4.90 Å². The molecule has 1 spiro atoms. The van der Waals surface area contributed by atoms with Gasteiger partial charge >= 0.3 is 12.0 Å². The van der Waals surface area contributed by atoms with E-state index >= 15 is 0 Å². The Balaban J connectivity index is 1.66. The zero-order valence-electron chi connectivity index (χ0n) is 17.0. The molecule has 1 aliphatic carbocycles. The Bertz CT molecular complexity index is 681. The number of rotatable bonds is 5. The number of carboxylic acids is 1. The van der Waals surface area contributed by atoms with Gasteiger partial charge in [0, 0.05) is 6.54 Å². The zero-order chi connectivity index (χ0) is 20.7. The van der Waals surface area contributed by atoms with Gasteiger partial charge in [0.15, 0.2) is 0 Å². The van der Waals surface area contributed by atoms with Crippen LogP contribution >= 0.6 is 0 Å². The van der Waals surface area contributed by atoms with Crippen LogP contribution in [-0.2, 0) is 14.4 Å². The summed E-state index contributed by atoms with van der Waals surface area (Å²) in [5.41, 5.74) is -0.709. The van der Waals surface area contributed by atoms with Crippen LogP contribution in [0.2, 0.25) is 0 Å².